The van der Waals surface area contributed by atoms with Gasteiger partial charge in [0.1, 0.15) is 17.1 Å². The first-order valence-electron chi connectivity index (χ1n) is 11.7. The van der Waals surface area contributed by atoms with Crippen LogP contribution in [0.1, 0.15) is 18.8 Å². The Hall–Kier alpha value is -3.76. The van der Waals surface area contributed by atoms with Gasteiger partial charge < -0.3 is 20.7 Å². The van der Waals surface area contributed by atoms with Crippen molar-refractivity contribution < 1.29 is 5.11 Å². The number of H-pyrrole nitrogens is 1. The lowest BCUT2D eigenvalue weighted by molar-refractivity contribution is 0.478. The molecule has 11 heteroatoms. The van der Waals surface area contributed by atoms with Gasteiger partial charge in [-0.05, 0) is 43.3 Å². The van der Waals surface area contributed by atoms with Crippen LogP contribution in [0.3, 0.4) is 0 Å². The Morgan fingerprint density at radius 2 is 1.94 bits per heavy atom. The van der Waals surface area contributed by atoms with Crippen molar-refractivity contribution in [3.05, 3.63) is 75.9 Å². The van der Waals surface area contributed by atoms with Gasteiger partial charge in [0.2, 0.25) is 0 Å². The molecule has 0 amide bonds. The summed E-state index contributed by atoms with van der Waals surface area (Å²) in [7, 11) is -0.821. The number of nitrogens with one attached hydrogen (secondary N) is 1. The smallest absolute Gasteiger partial charge is 0.284 e. The summed E-state index contributed by atoms with van der Waals surface area (Å²) in [6.07, 6.45) is 1.70. The molecule has 1 radical (unpaired) electrons. The van der Waals surface area contributed by atoms with Crippen LogP contribution < -0.4 is 16.2 Å². The molecule has 1 aliphatic carbocycles. The Morgan fingerprint density at radius 1 is 1.19 bits per heavy atom. The molecule has 3 heterocycles. The van der Waals surface area contributed by atoms with E-state index in [1.807, 2.05) is 37.3 Å². The van der Waals surface area contributed by atoms with Gasteiger partial charge in [0.15, 0.2) is 11.8 Å². The van der Waals surface area contributed by atoms with E-state index >= 15 is 0 Å². The number of rotatable bonds is 7. The lowest BCUT2D eigenvalue weighted by Gasteiger charge is -2.34. The number of hydrogen-bond acceptors (Lipinski definition) is 6. The van der Waals surface area contributed by atoms with Crippen molar-refractivity contribution in [3.63, 3.8) is 0 Å². The maximum atomic E-state index is 13.9. The summed E-state index contributed by atoms with van der Waals surface area (Å²) in [5.74, 6) is 1.45. The number of fused-ring (bicyclic) bond motifs is 2. The van der Waals surface area contributed by atoms with Gasteiger partial charge >= 0.3 is 0 Å². The summed E-state index contributed by atoms with van der Waals surface area (Å²) in [5, 5.41) is 16.0. The number of benzene rings is 1. The second kappa shape index (κ2) is 9.36. The average Bonchev–Trinajstić information content (AvgIpc) is 3.41. The summed E-state index contributed by atoms with van der Waals surface area (Å²) in [5.41, 5.74) is 8.16. The first-order chi connectivity index (χ1) is 17.3. The van der Waals surface area contributed by atoms with E-state index in [0.29, 0.717) is 45.7 Å². The Bertz CT molecular complexity index is 1560. The van der Waals surface area contributed by atoms with Gasteiger partial charge in [-0.2, -0.15) is 10.1 Å². The zero-order chi connectivity index (χ0) is 25.6. The molecule has 2 aromatic heterocycles. The van der Waals surface area contributed by atoms with Crippen LogP contribution >= 0.6 is 11.6 Å². The molecule has 1 unspecified atom stereocenters. The van der Waals surface area contributed by atoms with Crippen molar-refractivity contribution in [1.29, 1.82) is 0 Å². The largest absolute Gasteiger partial charge is 0.507 e. The fourth-order valence-corrected chi connectivity index (χ4v) is 6.09. The third kappa shape index (κ3) is 4.01. The van der Waals surface area contributed by atoms with E-state index in [1.165, 1.54) is 0 Å². The molecule has 3 aromatic rings. The normalized spacial score (nSPS) is 12.6. The Morgan fingerprint density at radius 3 is 2.64 bits per heavy atom. The van der Waals surface area contributed by atoms with Gasteiger partial charge in [-0.15, -0.1) is 0 Å². The van der Waals surface area contributed by atoms with Gasteiger partial charge in [0, 0.05) is 21.5 Å². The summed E-state index contributed by atoms with van der Waals surface area (Å²) in [4.78, 5) is 23.6. The van der Waals surface area contributed by atoms with Crippen LogP contribution in [0, 0.1) is 0 Å². The number of para-hydroxylation sites is 1. The highest BCUT2D eigenvalue weighted by molar-refractivity contribution is 6.55. The van der Waals surface area contributed by atoms with Crippen molar-refractivity contribution in [3.8, 4) is 22.7 Å². The number of nitrogen functional groups attached to an aromatic ring is 1. The van der Waals surface area contributed by atoms with Crippen LogP contribution in [0.4, 0.5) is 11.8 Å². The number of nitrogens with two attached hydrogens (primary N) is 1. The second-order valence-electron chi connectivity index (χ2n) is 8.96. The van der Waals surface area contributed by atoms with E-state index in [0.717, 1.165) is 6.04 Å². The zero-order valence-corrected chi connectivity index (χ0v) is 22.0. The number of anilines is 2. The monoisotopic (exact) mass is 520 g/mol. The van der Waals surface area contributed by atoms with Crippen LogP contribution in [-0.2, 0) is 0 Å². The summed E-state index contributed by atoms with van der Waals surface area (Å²) >= 11 is 6.39. The number of aromatic hydroxyl groups is 1. The third-order valence-electron chi connectivity index (χ3n) is 6.21. The molecule has 0 fully saturated rings. The zero-order valence-electron chi connectivity index (χ0n) is 20.2. The minimum atomic E-state index is -0.821. The lowest BCUT2D eigenvalue weighted by atomic mass is 10.1. The number of hydrogen-bond donors (Lipinski definition) is 3. The van der Waals surface area contributed by atoms with Gasteiger partial charge in [0.25, 0.3) is 5.56 Å². The minimum absolute atomic E-state index is 0.112. The molecule has 0 saturated carbocycles. The molecule has 9 nitrogen and oxygen atoms in total. The Kier molecular flexibility index (Phi) is 6.23. The first-order valence-corrected chi connectivity index (χ1v) is 14.8. The molecule has 1 aromatic carbocycles. The van der Waals surface area contributed by atoms with Crippen molar-refractivity contribution in [2.24, 2.45) is 0 Å². The molecule has 4 N–H and O–H groups in total. The molecule has 1 aliphatic heterocycles. The number of halogens is 1. The minimum Gasteiger partial charge on any atom is -0.507 e. The van der Waals surface area contributed by atoms with E-state index in [-0.39, 0.29) is 23.3 Å². The van der Waals surface area contributed by atoms with Crippen molar-refractivity contribution >= 4 is 37.7 Å². The standard InChI is InChI=1S/C25H27ClN7O2Si/c1-4-31(23-20-17(10-11-19(20)34)28-25(27)29-23)18(14-36(2)3)22-30-32-13-12-16(26)21(32)24(35)33(22)15-8-6-5-7-9-15/h5-13,18,34H,4,14H2,1-3H3,(H3,27,28,29). The molecular weight excluding hydrogens is 494 g/mol. The van der Waals surface area contributed by atoms with Crippen molar-refractivity contribution in [1.82, 2.24) is 24.1 Å². The van der Waals surface area contributed by atoms with E-state index in [1.54, 1.807) is 33.5 Å². The molecule has 1 atom stereocenters. The van der Waals surface area contributed by atoms with Crippen LogP contribution in [-0.4, -0.2) is 44.6 Å². The van der Waals surface area contributed by atoms with Crippen LogP contribution in [0.25, 0.3) is 22.5 Å². The molecule has 5 rings (SSSR count). The summed E-state index contributed by atoms with van der Waals surface area (Å²) in [6, 6.07) is 14.9. The predicted molar refractivity (Wildman–Crippen MR) is 145 cm³/mol. The van der Waals surface area contributed by atoms with E-state index in [4.69, 9.17) is 22.4 Å². The van der Waals surface area contributed by atoms with E-state index in [2.05, 4.69) is 28.0 Å². The number of aromatic nitrogens is 5. The fraction of sp³-hybridized carbons (Fsp3) is 0.240. The van der Waals surface area contributed by atoms with Gasteiger partial charge in [-0.1, -0.05) is 42.9 Å². The van der Waals surface area contributed by atoms with Crippen molar-refractivity contribution in [2.75, 3.05) is 17.2 Å². The van der Waals surface area contributed by atoms with Gasteiger partial charge in [-0.3, -0.25) is 9.36 Å². The van der Waals surface area contributed by atoms with E-state index < -0.39 is 8.80 Å². The highest BCUT2D eigenvalue weighted by Gasteiger charge is 2.32. The fourth-order valence-electron chi connectivity index (χ4n) is 4.68. The molecule has 0 spiro atoms. The van der Waals surface area contributed by atoms with Crippen LogP contribution in [0.5, 0.6) is 5.75 Å². The van der Waals surface area contributed by atoms with Gasteiger partial charge in [-0.25, -0.2) is 4.52 Å². The average molecular weight is 521 g/mol. The third-order valence-corrected chi connectivity index (χ3v) is 7.72. The van der Waals surface area contributed by atoms with Crippen LogP contribution in [0.15, 0.2) is 59.5 Å². The van der Waals surface area contributed by atoms with Crippen molar-refractivity contribution in [2.45, 2.75) is 32.1 Å². The Balaban J connectivity index is 1.81. The molecule has 0 bridgehead atoms. The summed E-state index contributed by atoms with van der Waals surface area (Å²) in [6.45, 7) is 7.00. The molecule has 0 saturated heterocycles. The van der Waals surface area contributed by atoms with Crippen LogP contribution in [0.2, 0.25) is 24.2 Å². The highest BCUT2D eigenvalue weighted by Crippen LogP contribution is 2.42. The maximum absolute atomic E-state index is 13.9. The number of aromatic amines is 1. The Labute approximate surface area is 214 Å². The molecule has 185 valence electrons. The highest BCUT2D eigenvalue weighted by atomic mass is 35.5. The molecule has 36 heavy (non-hydrogen) atoms. The maximum Gasteiger partial charge on any atom is 0.284 e. The molecule has 2 aliphatic rings. The van der Waals surface area contributed by atoms with Gasteiger partial charge in [0.05, 0.1) is 28.0 Å². The topological polar surface area (TPSA) is 117 Å². The molecular formula is C25H27ClN7O2Si. The SMILES string of the molecule is CCN(c1nc(N)[nH]c2ccc(O)c1-2)C(C[Si](C)C)c1nn2ccc(Cl)c2c(=O)n1-c1ccccc1. The lowest BCUT2D eigenvalue weighted by Crippen LogP contribution is -2.38. The second-order valence-corrected chi connectivity index (χ2v) is 12.2. The quantitative estimate of drug-likeness (QED) is 0.270. The summed E-state index contributed by atoms with van der Waals surface area (Å²) < 4.78 is 3.19. The number of nitrogens with zero attached hydrogens (tertiary/aromatic N) is 5. The predicted octanol–water partition coefficient (Wildman–Crippen LogP) is 4.58. The van der Waals surface area contributed by atoms with E-state index in [9.17, 15) is 9.90 Å². The first kappa shape index (κ1) is 24.0.